The van der Waals surface area contributed by atoms with Crippen molar-refractivity contribution in [2.75, 3.05) is 23.7 Å². The highest BCUT2D eigenvalue weighted by Crippen LogP contribution is 2.32. The van der Waals surface area contributed by atoms with Crippen LogP contribution in [-0.4, -0.2) is 13.1 Å². The number of benzene rings is 1. The molecule has 0 radical (unpaired) electrons. The number of rotatable bonds is 1. The zero-order valence-corrected chi connectivity index (χ0v) is 10.8. The molecule has 1 aromatic carbocycles. The van der Waals surface area contributed by atoms with Crippen molar-refractivity contribution in [1.29, 1.82) is 0 Å². The van der Waals surface area contributed by atoms with E-state index in [1.807, 2.05) is 6.07 Å². The topological polar surface area (TPSA) is 29.3 Å². The number of nitrogens with zero attached hydrogens (tertiary/aromatic N) is 1. The first-order valence-corrected chi connectivity index (χ1v) is 6.17. The number of hydrogen-bond donors (Lipinski definition) is 1. The van der Waals surface area contributed by atoms with Crippen LogP contribution >= 0.6 is 15.9 Å². The highest BCUT2D eigenvalue weighted by molar-refractivity contribution is 9.10. The lowest BCUT2D eigenvalue weighted by Crippen LogP contribution is -2.20. The largest absolute Gasteiger partial charge is 0.397 e. The average molecular weight is 269 g/mol. The third-order valence-electron chi connectivity index (χ3n) is 3.32. The second-order valence-electron chi connectivity index (χ2n) is 4.56. The zero-order chi connectivity index (χ0) is 11.0. The molecule has 1 heterocycles. The van der Waals surface area contributed by atoms with Crippen molar-refractivity contribution in [3.8, 4) is 0 Å². The fraction of sp³-hybridized carbons (Fsp3) is 0.500. The Bertz CT molecular complexity index is 355. The fourth-order valence-electron chi connectivity index (χ4n) is 2.14. The van der Waals surface area contributed by atoms with E-state index in [0.717, 1.165) is 35.1 Å². The fourth-order valence-corrected chi connectivity index (χ4v) is 2.52. The minimum Gasteiger partial charge on any atom is -0.397 e. The first-order chi connectivity index (χ1) is 7.08. The molecule has 0 bridgehead atoms. The Morgan fingerprint density at radius 3 is 2.40 bits per heavy atom. The standard InChI is InChI=1S/C12H17BrN2/c1-8-6-15(7-9(8)2)12-4-3-10(13)5-11(12)14/h3-5,8-9H,6-7,14H2,1-2H3. The van der Waals surface area contributed by atoms with Gasteiger partial charge in [0, 0.05) is 17.6 Å². The van der Waals surface area contributed by atoms with Gasteiger partial charge in [0.05, 0.1) is 11.4 Å². The third-order valence-corrected chi connectivity index (χ3v) is 3.81. The lowest BCUT2D eigenvalue weighted by atomic mass is 10.0. The van der Waals surface area contributed by atoms with Crippen molar-refractivity contribution in [3.05, 3.63) is 22.7 Å². The Hall–Kier alpha value is -0.700. The Morgan fingerprint density at radius 1 is 1.27 bits per heavy atom. The molecule has 2 atom stereocenters. The van der Waals surface area contributed by atoms with Gasteiger partial charge in [0.2, 0.25) is 0 Å². The number of halogens is 1. The summed E-state index contributed by atoms with van der Waals surface area (Å²) < 4.78 is 1.05. The quantitative estimate of drug-likeness (QED) is 0.794. The predicted molar refractivity (Wildman–Crippen MR) is 69.1 cm³/mol. The molecule has 1 aromatic rings. The Morgan fingerprint density at radius 2 is 1.87 bits per heavy atom. The summed E-state index contributed by atoms with van der Waals surface area (Å²) in [6.07, 6.45) is 0. The van der Waals surface area contributed by atoms with Gasteiger partial charge >= 0.3 is 0 Å². The van der Waals surface area contributed by atoms with Crippen molar-refractivity contribution in [1.82, 2.24) is 0 Å². The molecular weight excluding hydrogens is 252 g/mol. The number of nitrogens with two attached hydrogens (primary N) is 1. The molecular formula is C12H17BrN2. The van der Waals surface area contributed by atoms with Crippen LogP contribution in [0.5, 0.6) is 0 Å². The van der Waals surface area contributed by atoms with Crippen molar-refractivity contribution < 1.29 is 0 Å². The summed E-state index contributed by atoms with van der Waals surface area (Å²) in [7, 11) is 0. The van der Waals surface area contributed by atoms with E-state index in [2.05, 4.69) is 46.8 Å². The van der Waals surface area contributed by atoms with E-state index in [9.17, 15) is 0 Å². The van der Waals surface area contributed by atoms with E-state index in [4.69, 9.17) is 5.73 Å². The Labute approximate surface area is 99.6 Å². The maximum atomic E-state index is 6.02. The molecule has 0 saturated carbocycles. The van der Waals surface area contributed by atoms with Crippen molar-refractivity contribution in [3.63, 3.8) is 0 Å². The molecule has 2 rings (SSSR count). The van der Waals surface area contributed by atoms with Crippen molar-refractivity contribution in [2.45, 2.75) is 13.8 Å². The summed E-state index contributed by atoms with van der Waals surface area (Å²) in [6, 6.07) is 6.13. The van der Waals surface area contributed by atoms with Crippen molar-refractivity contribution >= 4 is 27.3 Å². The maximum Gasteiger partial charge on any atom is 0.0600 e. The second-order valence-corrected chi connectivity index (χ2v) is 5.48. The van der Waals surface area contributed by atoms with E-state index in [-0.39, 0.29) is 0 Å². The summed E-state index contributed by atoms with van der Waals surface area (Å²) in [4.78, 5) is 2.39. The van der Waals surface area contributed by atoms with Crippen LogP contribution in [0.15, 0.2) is 22.7 Å². The molecule has 1 fully saturated rings. The van der Waals surface area contributed by atoms with Crippen LogP contribution in [0.3, 0.4) is 0 Å². The molecule has 2 unspecified atom stereocenters. The van der Waals surface area contributed by atoms with Gasteiger partial charge in [-0.15, -0.1) is 0 Å². The molecule has 82 valence electrons. The van der Waals surface area contributed by atoms with Gasteiger partial charge in [-0.1, -0.05) is 29.8 Å². The number of anilines is 2. The van der Waals surface area contributed by atoms with Gasteiger partial charge in [-0.3, -0.25) is 0 Å². The third kappa shape index (κ3) is 2.12. The van der Waals surface area contributed by atoms with Gasteiger partial charge in [0.25, 0.3) is 0 Å². The zero-order valence-electron chi connectivity index (χ0n) is 9.20. The molecule has 1 saturated heterocycles. The van der Waals surface area contributed by atoms with Crippen LogP contribution in [0.2, 0.25) is 0 Å². The number of hydrogen-bond acceptors (Lipinski definition) is 2. The lowest BCUT2D eigenvalue weighted by Gasteiger charge is -2.20. The SMILES string of the molecule is CC1CN(c2ccc(Br)cc2N)CC1C. The van der Waals surface area contributed by atoms with Crippen LogP contribution in [0.4, 0.5) is 11.4 Å². The summed E-state index contributed by atoms with van der Waals surface area (Å²) in [5.41, 5.74) is 8.06. The Kier molecular flexibility index (Phi) is 2.91. The van der Waals surface area contributed by atoms with Crippen LogP contribution in [-0.2, 0) is 0 Å². The van der Waals surface area contributed by atoms with E-state index in [1.165, 1.54) is 5.69 Å². The molecule has 1 aliphatic rings. The summed E-state index contributed by atoms with van der Waals surface area (Å²) in [5, 5.41) is 0. The highest BCUT2D eigenvalue weighted by atomic mass is 79.9. The van der Waals surface area contributed by atoms with E-state index in [1.54, 1.807) is 0 Å². The monoisotopic (exact) mass is 268 g/mol. The molecule has 15 heavy (non-hydrogen) atoms. The van der Waals surface area contributed by atoms with E-state index >= 15 is 0 Å². The first-order valence-electron chi connectivity index (χ1n) is 5.38. The van der Waals surface area contributed by atoms with Gasteiger partial charge in [-0.05, 0) is 30.0 Å². The Balaban J connectivity index is 2.24. The molecule has 2 nitrogen and oxygen atoms in total. The first kappa shape index (κ1) is 10.8. The van der Waals surface area contributed by atoms with Gasteiger partial charge in [0.15, 0.2) is 0 Å². The van der Waals surface area contributed by atoms with Gasteiger partial charge in [0.1, 0.15) is 0 Å². The molecule has 0 aromatic heterocycles. The number of nitrogen functional groups attached to an aromatic ring is 1. The van der Waals surface area contributed by atoms with E-state index < -0.39 is 0 Å². The van der Waals surface area contributed by atoms with Crippen LogP contribution in [0, 0.1) is 11.8 Å². The van der Waals surface area contributed by atoms with Crippen LogP contribution < -0.4 is 10.6 Å². The average Bonchev–Trinajstić information content (AvgIpc) is 2.46. The van der Waals surface area contributed by atoms with Gasteiger partial charge in [-0.2, -0.15) is 0 Å². The predicted octanol–water partition coefficient (Wildman–Crippen LogP) is 3.12. The van der Waals surface area contributed by atoms with E-state index in [0.29, 0.717) is 0 Å². The minimum atomic E-state index is 0.757. The second kappa shape index (κ2) is 4.05. The summed E-state index contributed by atoms with van der Waals surface area (Å²) in [5.74, 6) is 1.51. The molecule has 0 spiro atoms. The molecule has 0 amide bonds. The highest BCUT2D eigenvalue weighted by Gasteiger charge is 2.26. The lowest BCUT2D eigenvalue weighted by molar-refractivity contribution is 0.494. The summed E-state index contributed by atoms with van der Waals surface area (Å²) >= 11 is 3.43. The van der Waals surface area contributed by atoms with Crippen LogP contribution in [0.25, 0.3) is 0 Å². The molecule has 0 aliphatic carbocycles. The molecule has 2 N–H and O–H groups in total. The maximum absolute atomic E-state index is 6.02. The van der Waals surface area contributed by atoms with Crippen LogP contribution in [0.1, 0.15) is 13.8 Å². The normalized spacial score (nSPS) is 25.9. The molecule has 3 heteroatoms. The molecule has 1 aliphatic heterocycles. The van der Waals surface area contributed by atoms with Gasteiger partial charge < -0.3 is 10.6 Å². The smallest absolute Gasteiger partial charge is 0.0600 e. The minimum absolute atomic E-state index is 0.757. The van der Waals surface area contributed by atoms with Gasteiger partial charge in [-0.25, -0.2) is 0 Å². The summed E-state index contributed by atoms with van der Waals surface area (Å²) in [6.45, 7) is 6.85. The van der Waals surface area contributed by atoms with Crippen molar-refractivity contribution in [2.24, 2.45) is 11.8 Å².